The summed E-state index contributed by atoms with van der Waals surface area (Å²) >= 11 is 0. The molecule has 1 aromatic carbocycles. The second-order valence-electron chi connectivity index (χ2n) is 8.01. The fourth-order valence-corrected chi connectivity index (χ4v) is 4.81. The van der Waals surface area contributed by atoms with Gasteiger partial charge in [0.15, 0.2) is 5.82 Å². The standard InChI is InChI=1S/C22H29N3O2/c26-14-19-18(20(13-21(19)27)24-16-8-4-5-9-16)12-17-10-11-23-22(25-17)15-6-2-1-3-7-15/h1-3,6-7,10-11,16,18-21,24,26-27H,4-5,8-9,12-14H2/t18-,19-,20-,21-/m1/s1. The Kier molecular flexibility index (Phi) is 5.81. The lowest BCUT2D eigenvalue weighted by molar-refractivity contribution is 0.0715. The van der Waals surface area contributed by atoms with Gasteiger partial charge in [-0.25, -0.2) is 9.97 Å². The number of benzene rings is 1. The molecule has 2 saturated carbocycles. The van der Waals surface area contributed by atoms with Crippen LogP contribution in [0.25, 0.3) is 11.4 Å². The molecule has 1 aromatic heterocycles. The highest BCUT2D eigenvalue weighted by atomic mass is 16.3. The van der Waals surface area contributed by atoms with Crippen LogP contribution in [-0.2, 0) is 6.42 Å². The van der Waals surface area contributed by atoms with Gasteiger partial charge in [0, 0.05) is 42.1 Å². The van der Waals surface area contributed by atoms with Crippen molar-refractivity contribution in [2.45, 2.75) is 56.7 Å². The molecule has 27 heavy (non-hydrogen) atoms. The van der Waals surface area contributed by atoms with Gasteiger partial charge in [0.2, 0.25) is 0 Å². The van der Waals surface area contributed by atoms with E-state index in [1.165, 1.54) is 25.7 Å². The second-order valence-corrected chi connectivity index (χ2v) is 8.01. The van der Waals surface area contributed by atoms with Gasteiger partial charge < -0.3 is 15.5 Å². The van der Waals surface area contributed by atoms with Gasteiger partial charge >= 0.3 is 0 Å². The average Bonchev–Trinajstić information content (AvgIpc) is 3.31. The lowest BCUT2D eigenvalue weighted by Crippen LogP contribution is -2.41. The Balaban J connectivity index is 1.53. The highest BCUT2D eigenvalue weighted by Gasteiger charge is 2.43. The van der Waals surface area contributed by atoms with Crippen LogP contribution in [0.4, 0.5) is 0 Å². The highest BCUT2D eigenvalue weighted by molar-refractivity contribution is 5.54. The molecule has 5 nitrogen and oxygen atoms in total. The molecule has 4 atom stereocenters. The van der Waals surface area contributed by atoms with Crippen LogP contribution >= 0.6 is 0 Å². The highest BCUT2D eigenvalue weighted by Crippen LogP contribution is 2.36. The smallest absolute Gasteiger partial charge is 0.159 e. The molecule has 2 aliphatic carbocycles. The van der Waals surface area contributed by atoms with Crippen LogP contribution in [0.2, 0.25) is 0 Å². The predicted octanol–water partition coefficient (Wildman–Crippen LogP) is 2.58. The number of aliphatic hydroxyl groups excluding tert-OH is 2. The van der Waals surface area contributed by atoms with Crippen molar-refractivity contribution in [1.82, 2.24) is 15.3 Å². The summed E-state index contributed by atoms with van der Waals surface area (Å²) in [5.41, 5.74) is 1.98. The summed E-state index contributed by atoms with van der Waals surface area (Å²) in [6.07, 6.45) is 7.82. The van der Waals surface area contributed by atoms with Gasteiger partial charge in [0.05, 0.1) is 6.10 Å². The molecule has 0 aliphatic heterocycles. The number of aromatic nitrogens is 2. The first-order valence-electron chi connectivity index (χ1n) is 10.2. The molecule has 2 aliphatic rings. The summed E-state index contributed by atoms with van der Waals surface area (Å²) in [4.78, 5) is 9.18. The molecular formula is C22H29N3O2. The van der Waals surface area contributed by atoms with Crippen molar-refractivity contribution in [2.75, 3.05) is 6.61 Å². The lowest BCUT2D eigenvalue weighted by atomic mass is 9.88. The molecule has 2 fully saturated rings. The summed E-state index contributed by atoms with van der Waals surface area (Å²) < 4.78 is 0. The maximum absolute atomic E-state index is 10.5. The normalized spacial score (nSPS) is 28.7. The number of hydrogen-bond acceptors (Lipinski definition) is 5. The summed E-state index contributed by atoms with van der Waals surface area (Å²) in [7, 11) is 0. The van der Waals surface area contributed by atoms with Crippen LogP contribution in [0.1, 0.15) is 37.8 Å². The monoisotopic (exact) mass is 367 g/mol. The Morgan fingerprint density at radius 3 is 2.56 bits per heavy atom. The molecule has 0 radical (unpaired) electrons. The van der Waals surface area contributed by atoms with E-state index in [1.54, 1.807) is 0 Å². The van der Waals surface area contributed by atoms with Crippen molar-refractivity contribution in [3.8, 4) is 11.4 Å². The molecular weight excluding hydrogens is 338 g/mol. The molecule has 4 rings (SSSR count). The van der Waals surface area contributed by atoms with Crippen molar-refractivity contribution in [3.63, 3.8) is 0 Å². The minimum atomic E-state index is -0.450. The quantitative estimate of drug-likeness (QED) is 0.731. The van der Waals surface area contributed by atoms with Gasteiger partial charge in [0.25, 0.3) is 0 Å². The lowest BCUT2D eigenvalue weighted by Gasteiger charge is -2.27. The van der Waals surface area contributed by atoms with Crippen LogP contribution in [0, 0.1) is 11.8 Å². The third-order valence-electron chi connectivity index (χ3n) is 6.26. The van der Waals surface area contributed by atoms with E-state index in [0.717, 1.165) is 23.5 Å². The van der Waals surface area contributed by atoms with E-state index in [1.807, 2.05) is 42.6 Å². The van der Waals surface area contributed by atoms with Gasteiger partial charge in [-0.1, -0.05) is 43.2 Å². The van der Waals surface area contributed by atoms with Crippen LogP contribution in [0.5, 0.6) is 0 Å². The number of aliphatic hydroxyl groups is 2. The number of hydrogen-bond donors (Lipinski definition) is 3. The molecule has 1 heterocycles. The van der Waals surface area contributed by atoms with Gasteiger partial charge in [0.1, 0.15) is 0 Å². The molecule has 0 spiro atoms. The molecule has 5 heteroatoms. The van der Waals surface area contributed by atoms with E-state index in [4.69, 9.17) is 4.98 Å². The maximum atomic E-state index is 10.5. The largest absolute Gasteiger partial charge is 0.396 e. The Labute approximate surface area is 160 Å². The van der Waals surface area contributed by atoms with Crippen LogP contribution < -0.4 is 5.32 Å². The first-order chi connectivity index (χ1) is 13.2. The van der Waals surface area contributed by atoms with Crippen LogP contribution in [0.3, 0.4) is 0 Å². The predicted molar refractivity (Wildman–Crippen MR) is 105 cm³/mol. The molecule has 3 N–H and O–H groups in total. The number of rotatable bonds is 6. The third kappa shape index (κ3) is 4.21. The Hall–Kier alpha value is -1.82. The maximum Gasteiger partial charge on any atom is 0.159 e. The number of nitrogens with zero attached hydrogens (tertiary/aromatic N) is 2. The summed E-state index contributed by atoms with van der Waals surface area (Å²) in [5, 5.41) is 24.1. The van der Waals surface area contributed by atoms with Crippen LogP contribution in [-0.4, -0.2) is 45.0 Å². The molecule has 0 amide bonds. The first kappa shape index (κ1) is 18.5. The Morgan fingerprint density at radius 1 is 1.04 bits per heavy atom. The van der Waals surface area contributed by atoms with E-state index in [9.17, 15) is 10.2 Å². The fourth-order valence-electron chi connectivity index (χ4n) is 4.81. The molecule has 0 unspecified atom stereocenters. The summed E-state index contributed by atoms with van der Waals surface area (Å²) in [5.74, 6) is 0.815. The topological polar surface area (TPSA) is 78.3 Å². The third-order valence-corrected chi connectivity index (χ3v) is 6.26. The van der Waals surface area contributed by atoms with Crippen molar-refractivity contribution in [2.24, 2.45) is 11.8 Å². The zero-order valence-electron chi connectivity index (χ0n) is 15.7. The van der Waals surface area contributed by atoms with E-state index < -0.39 is 6.10 Å². The zero-order valence-corrected chi connectivity index (χ0v) is 15.7. The number of nitrogens with one attached hydrogen (secondary N) is 1. The molecule has 0 saturated heterocycles. The molecule has 144 valence electrons. The van der Waals surface area contributed by atoms with Crippen molar-refractivity contribution < 1.29 is 10.2 Å². The van der Waals surface area contributed by atoms with Gasteiger partial charge in [-0.05, 0) is 37.7 Å². The van der Waals surface area contributed by atoms with Crippen molar-refractivity contribution in [3.05, 3.63) is 48.3 Å². The Bertz CT molecular complexity index is 733. The van der Waals surface area contributed by atoms with Crippen molar-refractivity contribution in [1.29, 1.82) is 0 Å². The van der Waals surface area contributed by atoms with Crippen molar-refractivity contribution >= 4 is 0 Å². The summed E-state index contributed by atoms with van der Waals surface area (Å²) in [6.45, 7) is 0.0192. The van der Waals surface area contributed by atoms with E-state index in [2.05, 4.69) is 10.3 Å². The first-order valence-corrected chi connectivity index (χ1v) is 10.2. The second kappa shape index (κ2) is 8.46. The van der Waals surface area contributed by atoms with E-state index in [-0.39, 0.29) is 24.5 Å². The van der Waals surface area contributed by atoms with Gasteiger partial charge in [-0.15, -0.1) is 0 Å². The van der Waals surface area contributed by atoms with Gasteiger partial charge in [-0.2, -0.15) is 0 Å². The fraction of sp³-hybridized carbons (Fsp3) is 0.545. The minimum absolute atomic E-state index is 0.0192. The van der Waals surface area contributed by atoms with Gasteiger partial charge in [-0.3, -0.25) is 0 Å². The average molecular weight is 367 g/mol. The van der Waals surface area contributed by atoms with Crippen LogP contribution in [0.15, 0.2) is 42.6 Å². The Morgan fingerprint density at radius 2 is 1.81 bits per heavy atom. The SMILES string of the molecule is OC[C@@H]1[C@@H](Cc2ccnc(-c3ccccc3)n2)[C@H](NC2CCCC2)C[C@H]1O. The molecule has 0 bridgehead atoms. The van der Waals surface area contributed by atoms with E-state index >= 15 is 0 Å². The minimum Gasteiger partial charge on any atom is -0.396 e. The molecule has 2 aromatic rings. The summed E-state index contributed by atoms with van der Waals surface area (Å²) in [6, 6.07) is 12.7. The van der Waals surface area contributed by atoms with E-state index in [0.29, 0.717) is 12.5 Å². The zero-order chi connectivity index (χ0) is 18.6.